The molecule has 0 aliphatic rings. The smallest absolute Gasteiger partial charge is 0.230 e. The average Bonchev–Trinajstić information content (AvgIpc) is 2.96. The summed E-state index contributed by atoms with van der Waals surface area (Å²) in [5, 5.41) is 2.96. The van der Waals surface area contributed by atoms with E-state index >= 15 is 0 Å². The van der Waals surface area contributed by atoms with Crippen molar-refractivity contribution < 1.29 is 4.79 Å². The Morgan fingerprint density at radius 2 is 1.91 bits per heavy atom. The van der Waals surface area contributed by atoms with Crippen LogP contribution < -0.4 is 5.32 Å². The molecule has 2 rings (SSSR count). The van der Waals surface area contributed by atoms with Gasteiger partial charge in [-0.3, -0.25) is 4.79 Å². The maximum atomic E-state index is 11.8. The predicted molar refractivity (Wildman–Crippen MR) is 91.8 cm³/mol. The van der Waals surface area contributed by atoms with Crippen LogP contribution in [-0.2, 0) is 17.9 Å². The number of amides is 1. The zero-order valence-electron chi connectivity index (χ0n) is 13.4. The highest BCUT2D eigenvalue weighted by Gasteiger charge is 2.13. The van der Waals surface area contributed by atoms with Crippen LogP contribution in [0, 0.1) is 0 Å². The summed E-state index contributed by atoms with van der Waals surface area (Å²) >= 11 is 1.66. The molecule has 0 atom stereocenters. The SMILES string of the molecule is CC(C)(C)SCC(=O)NCc1ccc(Cn2ccnc2)cc1. The third-order valence-corrected chi connectivity index (χ3v) is 4.35. The third-order valence-electron chi connectivity index (χ3n) is 3.07. The highest BCUT2D eigenvalue weighted by atomic mass is 32.2. The van der Waals surface area contributed by atoms with E-state index in [2.05, 4.69) is 55.3 Å². The third kappa shape index (κ3) is 5.93. The zero-order chi connectivity index (χ0) is 16.0. The first-order valence-electron chi connectivity index (χ1n) is 7.36. The Balaban J connectivity index is 1.78. The van der Waals surface area contributed by atoms with Gasteiger partial charge in [0.2, 0.25) is 5.91 Å². The van der Waals surface area contributed by atoms with Gasteiger partial charge in [-0.15, -0.1) is 11.8 Å². The number of aromatic nitrogens is 2. The number of imidazole rings is 1. The number of nitrogens with zero attached hydrogens (tertiary/aromatic N) is 2. The minimum Gasteiger partial charge on any atom is -0.351 e. The minimum absolute atomic E-state index is 0.0856. The van der Waals surface area contributed by atoms with Gasteiger partial charge in [0.15, 0.2) is 0 Å². The van der Waals surface area contributed by atoms with Crippen LogP contribution in [0.2, 0.25) is 0 Å². The van der Waals surface area contributed by atoms with Gasteiger partial charge in [-0.1, -0.05) is 45.0 Å². The van der Waals surface area contributed by atoms with Gasteiger partial charge < -0.3 is 9.88 Å². The topological polar surface area (TPSA) is 46.9 Å². The molecule has 1 N–H and O–H groups in total. The molecular formula is C17H23N3OS. The molecule has 4 nitrogen and oxygen atoms in total. The molecule has 0 saturated heterocycles. The first-order valence-corrected chi connectivity index (χ1v) is 8.35. The normalized spacial score (nSPS) is 11.4. The van der Waals surface area contributed by atoms with E-state index < -0.39 is 0 Å². The lowest BCUT2D eigenvalue weighted by Crippen LogP contribution is -2.26. The number of carbonyl (C=O) groups excluding carboxylic acids is 1. The molecule has 118 valence electrons. The molecule has 22 heavy (non-hydrogen) atoms. The number of benzene rings is 1. The Morgan fingerprint density at radius 3 is 2.50 bits per heavy atom. The summed E-state index contributed by atoms with van der Waals surface area (Å²) < 4.78 is 2.15. The first kappa shape index (κ1) is 16.6. The largest absolute Gasteiger partial charge is 0.351 e. The van der Waals surface area contributed by atoms with E-state index in [0.29, 0.717) is 12.3 Å². The first-order chi connectivity index (χ1) is 10.4. The van der Waals surface area contributed by atoms with Gasteiger partial charge in [-0.25, -0.2) is 4.98 Å². The highest BCUT2D eigenvalue weighted by Crippen LogP contribution is 2.22. The summed E-state index contributed by atoms with van der Waals surface area (Å²) in [6.07, 6.45) is 5.53. The molecule has 0 aliphatic carbocycles. The molecule has 0 unspecified atom stereocenters. The van der Waals surface area contributed by atoms with Crippen molar-refractivity contribution in [3.8, 4) is 0 Å². The average molecular weight is 317 g/mol. The van der Waals surface area contributed by atoms with Crippen molar-refractivity contribution in [1.29, 1.82) is 0 Å². The van der Waals surface area contributed by atoms with Gasteiger partial charge in [0.1, 0.15) is 0 Å². The van der Waals surface area contributed by atoms with Crippen LogP contribution in [0.25, 0.3) is 0 Å². The number of hydrogen-bond acceptors (Lipinski definition) is 3. The van der Waals surface area contributed by atoms with Crippen LogP contribution in [0.15, 0.2) is 43.0 Å². The lowest BCUT2D eigenvalue weighted by atomic mass is 10.1. The van der Waals surface area contributed by atoms with Gasteiger partial charge in [0.05, 0.1) is 12.1 Å². The zero-order valence-corrected chi connectivity index (χ0v) is 14.2. The summed E-state index contributed by atoms with van der Waals surface area (Å²) in [4.78, 5) is 15.8. The number of carbonyl (C=O) groups is 1. The van der Waals surface area contributed by atoms with Crippen LogP contribution in [-0.4, -0.2) is 26.0 Å². The van der Waals surface area contributed by atoms with Gasteiger partial charge in [-0.05, 0) is 11.1 Å². The van der Waals surface area contributed by atoms with Gasteiger partial charge in [-0.2, -0.15) is 0 Å². The summed E-state index contributed by atoms with van der Waals surface area (Å²) in [5.74, 6) is 0.588. The van der Waals surface area contributed by atoms with Gasteiger partial charge in [0.25, 0.3) is 0 Å². The Morgan fingerprint density at radius 1 is 1.23 bits per heavy atom. The molecule has 0 bridgehead atoms. The highest BCUT2D eigenvalue weighted by molar-refractivity contribution is 8.01. The molecule has 0 aliphatic heterocycles. The van der Waals surface area contributed by atoms with Crippen molar-refractivity contribution in [3.63, 3.8) is 0 Å². The molecule has 0 radical (unpaired) electrons. The van der Waals surface area contributed by atoms with E-state index in [1.54, 1.807) is 24.3 Å². The lowest BCUT2D eigenvalue weighted by molar-refractivity contribution is -0.118. The molecule has 0 saturated carbocycles. The molecule has 1 aromatic heterocycles. The second-order valence-corrected chi connectivity index (χ2v) is 8.03. The fraction of sp³-hybridized carbons (Fsp3) is 0.412. The van der Waals surface area contributed by atoms with E-state index in [4.69, 9.17) is 0 Å². The van der Waals surface area contributed by atoms with E-state index in [1.165, 1.54) is 5.56 Å². The van der Waals surface area contributed by atoms with E-state index in [0.717, 1.165) is 12.1 Å². The second kappa shape index (κ2) is 7.49. The van der Waals surface area contributed by atoms with Crippen LogP contribution >= 0.6 is 11.8 Å². The number of rotatable bonds is 6. The molecule has 1 heterocycles. The van der Waals surface area contributed by atoms with Crippen molar-refractivity contribution in [2.75, 3.05) is 5.75 Å². The Bertz CT molecular complexity index is 585. The maximum absolute atomic E-state index is 11.8. The Labute approximate surface area is 136 Å². The standard InChI is InChI=1S/C17H23N3OS/c1-17(2,3)22-12-16(21)19-10-14-4-6-15(7-5-14)11-20-9-8-18-13-20/h4-9,13H,10-12H2,1-3H3,(H,19,21). The molecule has 1 aromatic carbocycles. The summed E-state index contributed by atoms with van der Waals surface area (Å²) in [6, 6.07) is 8.30. The van der Waals surface area contributed by atoms with Crippen molar-refractivity contribution >= 4 is 17.7 Å². The molecular weight excluding hydrogens is 294 g/mol. The minimum atomic E-state index is 0.0856. The molecule has 2 aromatic rings. The van der Waals surface area contributed by atoms with Crippen molar-refractivity contribution in [3.05, 3.63) is 54.1 Å². The van der Waals surface area contributed by atoms with Crippen LogP contribution in [0.4, 0.5) is 0 Å². The molecule has 0 spiro atoms. The van der Waals surface area contributed by atoms with Gasteiger partial charge in [0, 0.05) is 30.2 Å². The van der Waals surface area contributed by atoms with E-state index in [1.807, 2.05) is 10.8 Å². The fourth-order valence-electron chi connectivity index (χ4n) is 1.89. The molecule has 5 heteroatoms. The van der Waals surface area contributed by atoms with Gasteiger partial charge >= 0.3 is 0 Å². The lowest BCUT2D eigenvalue weighted by Gasteiger charge is -2.17. The summed E-state index contributed by atoms with van der Waals surface area (Å²) in [6.45, 7) is 7.74. The summed E-state index contributed by atoms with van der Waals surface area (Å²) in [7, 11) is 0. The summed E-state index contributed by atoms with van der Waals surface area (Å²) in [5.41, 5.74) is 2.33. The van der Waals surface area contributed by atoms with Crippen molar-refractivity contribution in [2.45, 2.75) is 38.6 Å². The van der Waals surface area contributed by atoms with Crippen LogP contribution in [0.1, 0.15) is 31.9 Å². The van der Waals surface area contributed by atoms with Crippen LogP contribution in [0.5, 0.6) is 0 Å². The number of thioether (sulfide) groups is 1. The number of hydrogen-bond donors (Lipinski definition) is 1. The van der Waals surface area contributed by atoms with Crippen molar-refractivity contribution in [1.82, 2.24) is 14.9 Å². The maximum Gasteiger partial charge on any atom is 0.230 e. The predicted octanol–water partition coefficient (Wildman–Crippen LogP) is 3.08. The van der Waals surface area contributed by atoms with Crippen LogP contribution in [0.3, 0.4) is 0 Å². The number of nitrogens with one attached hydrogen (secondary N) is 1. The van der Waals surface area contributed by atoms with Crippen molar-refractivity contribution in [2.24, 2.45) is 0 Å². The Kier molecular flexibility index (Phi) is 5.66. The fourth-order valence-corrected chi connectivity index (χ4v) is 2.55. The second-order valence-electron chi connectivity index (χ2n) is 6.23. The quantitative estimate of drug-likeness (QED) is 0.890. The molecule has 1 amide bonds. The Hall–Kier alpha value is -1.75. The van der Waals surface area contributed by atoms with E-state index in [-0.39, 0.29) is 10.7 Å². The van der Waals surface area contributed by atoms with E-state index in [9.17, 15) is 4.79 Å². The molecule has 0 fully saturated rings. The monoisotopic (exact) mass is 317 g/mol.